The first-order chi connectivity index (χ1) is 19.1. The van der Waals surface area contributed by atoms with Gasteiger partial charge in [-0.15, -0.1) is 0 Å². The van der Waals surface area contributed by atoms with Gasteiger partial charge in [0.25, 0.3) is 0 Å². The van der Waals surface area contributed by atoms with E-state index in [0.29, 0.717) is 29.5 Å². The van der Waals surface area contributed by atoms with Crippen molar-refractivity contribution in [2.45, 2.75) is 97.5 Å². The molecule has 0 fully saturated rings. The summed E-state index contributed by atoms with van der Waals surface area (Å²) in [6.45, 7) is 7.21. The number of unbranched alkanes of at least 4 members (excludes halogenated alkanes) is 8. The van der Waals surface area contributed by atoms with Crippen molar-refractivity contribution >= 4 is 5.97 Å². The zero-order chi connectivity index (χ0) is 27.7. The van der Waals surface area contributed by atoms with Crippen molar-refractivity contribution in [1.82, 2.24) is 9.97 Å². The third-order valence-electron chi connectivity index (χ3n) is 6.61. The molecule has 1 aromatic heterocycles. The lowest BCUT2D eigenvalue weighted by Crippen LogP contribution is -2.12. The summed E-state index contributed by atoms with van der Waals surface area (Å²) >= 11 is 0. The van der Waals surface area contributed by atoms with Gasteiger partial charge in [0.1, 0.15) is 11.5 Å². The Morgan fingerprint density at radius 3 is 1.97 bits per heavy atom. The lowest BCUT2D eigenvalue weighted by Gasteiger charge is -2.14. The van der Waals surface area contributed by atoms with Crippen molar-refractivity contribution in [3.05, 3.63) is 66.5 Å². The van der Waals surface area contributed by atoms with Gasteiger partial charge in [-0.1, -0.05) is 65.2 Å². The maximum Gasteiger partial charge on any atom is 0.343 e. The van der Waals surface area contributed by atoms with Crippen LogP contribution in [0.2, 0.25) is 0 Å². The first-order valence-electron chi connectivity index (χ1n) is 14.6. The van der Waals surface area contributed by atoms with E-state index in [1.807, 2.05) is 24.3 Å². The van der Waals surface area contributed by atoms with Crippen molar-refractivity contribution in [3.8, 4) is 28.6 Å². The number of benzene rings is 2. The molecule has 0 saturated carbocycles. The molecule has 0 amide bonds. The number of aromatic nitrogens is 2. The van der Waals surface area contributed by atoms with Crippen LogP contribution in [0.4, 0.5) is 0 Å². The van der Waals surface area contributed by atoms with Crippen molar-refractivity contribution in [2.75, 3.05) is 6.61 Å². The van der Waals surface area contributed by atoms with Crippen LogP contribution in [0.25, 0.3) is 11.4 Å². The van der Waals surface area contributed by atoms with E-state index in [0.717, 1.165) is 24.2 Å². The Kier molecular flexibility index (Phi) is 13.3. The Morgan fingerprint density at radius 1 is 0.718 bits per heavy atom. The van der Waals surface area contributed by atoms with E-state index >= 15 is 0 Å². The molecule has 1 heterocycles. The molecule has 0 aliphatic carbocycles. The van der Waals surface area contributed by atoms with Gasteiger partial charge in [0.15, 0.2) is 11.6 Å². The lowest BCUT2D eigenvalue weighted by molar-refractivity contribution is 0.0734. The number of carbonyl (C=O) groups excluding carboxylic acids is 1. The summed E-state index contributed by atoms with van der Waals surface area (Å²) < 4.78 is 17.3. The molecule has 0 unspecified atom stereocenters. The Hall–Kier alpha value is -3.41. The van der Waals surface area contributed by atoms with Crippen LogP contribution in [0.1, 0.15) is 102 Å². The van der Waals surface area contributed by atoms with E-state index in [9.17, 15) is 4.79 Å². The molecule has 0 radical (unpaired) electrons. The fraction of sp³-hybridized carbons (Fsp3) is 0.485. The number of carbonyl (C=O) groups is 1. The van der Waals surface area contributed by atoms with E-state index < -0.39 is 5.97 Å². The standard InChI is InChI=1S/C33H44N2O4/c1-4-6-8-10-11-13-23-37-31-24-34-32(35-25-31)27-15-19-30(20-16-27)39-33(36)28-17-21-29(22-18-28)38-26(3)14-12-9-7-5-2/h15-22,24-26H,4-14,23H2,1-3H3/t26-/m1/s1. The fourth-order valence-electron chi connectivity index (χ4n) is 4.27. The van der Waals surface area contributed by atoms with Crippen LogP contribution in [-0.4, -0.2) is 28.6 Å². The number of rotatable bonds is 18. The van der Waals surface area contributed by atoms with Gasteiger partial charge in [-0.3, -0.25) is 0 Å². The predicted molar refractivity (Wildman–Crippen MR) is 157 cm³/mol. The minimum atomic E-state index is -0.412. The molecule has 0 aliphatic heterocycles. The van der Waals surface area contributed by atoms with Crippen LogP contribution in [0.5, 0.6) is 17.2 Å². The van der Waals surface area contributed by atoms with Gasteiger partial charge in [0.2, 0.25) is 0 Å². The minimum absolute atomic E-state index is 0.149. The highest BCUT2D eigenvalue weighted by atomic mass is 16.5. The van der Waals surface area contributed by atoms with Crippen molar-refractivity contribution < 1.29 is 19.0 Å². The van der Waals surface area contributed by atoms with Gasteiger partial charge in [0, 0.05) is 5.56 Å². The molecular formula is C33H44N2O4. The average molecular weight is 533 g/mol. The number of hydrogen-bond acceptors (Lipinski definition) is 6. The molecule has 6 heteroatoms. The smallest absolute Gasteiger partial charge is 0.343 e. The van der Waals surface area contributed by atoms with Crippen LogP contribution in [0.3, 0.4) is 0 Å². The molecule has 0 aliphatic rings. The summed E-state index contributed by atoms with van der Waals surface area (Å²) in [5.41, 5.74) is 1.31. The molecule has 39 heavy (non-hydrogen) atoms. The van der Waals surface area contributed by atoms with Crippen LogP contribution in [0, 0.1) is 0 Å². The third-order valence-corrected chi connectivity index (χ3v) is 6.61. The molecule has 2 aromatic carbocycles. The molecule has 3 rings (SSSR count). The van der Waals surface area contributed by atoms with E-state index in [-0.39, 0.29) is 6.10 Å². The van der Waals surface area contributed by atoms with Crippen molar-refractivity contribution in [1.29, 1.82) is 0 Å². The second-order valence-electron chi connectivity index (χ2n) is 10.1. The molecule has 210 valence electrons. The van der Waals surface area contributed by atoms with E-state index in [1.54, 1.807) is 36.7 Å². The second-order valence-corrected chi connectivity index (χ2v) is 10.1. The SMILES string of the molecule is CCCCCCCCOc1cnc(-c2ccc(OC(=O)c3ccc(O[C@H](C)CCCCCC)cc3)cc2)nc1. The number of hydrogen-bond donors (Lipinski definition) is 0. The highest BCUT2D eigenvalue weighted by molar-refractivity contribution is 5.91. The van der Waals surface area contributed by atoms with Crippen molar-refractivity contribution in [2.24, 2.45) is 0 Å². The van der Waals surface area contributed by atoms with Crippen LogP contribution in [-0.2, 0) is 0 Å². The normalized spacial score (nSPS) is 11.7. The largest absolute Gasteiger partial charge is 0.491 e. The summed E-state index contributed by atoms with van der Waals surface area (Å²) in [6, 6.07) is 14.3. The summed E-state index contributed by atoms with van der Waals surface area (Å²) in [5.74, 6) is 2.08. The van der Waals surface area contributed by atoms with Crippen LogP contribution < -0.4 is 14.2 Å². The van der Waals surface area contributed by atoms with Gasteiger partial charge in [0.05, 0.1) is 30.7 Å². The average Bonchev–Trinajstić information content (AvgIpc) is 2.96. The Bertz CT molecular complexity index is 1080. The Morgan fingerprint density at radius 2 is 1.31 bits per heavy atom. The number of esters is 1. The molecule has 1 atom stereocenters. The Labute approximate surface area is 234 Å². The topological polar surface area (TPSA) is 70.5 Å². The molecule has 3 aromatic rings. The van der Waals surface area contributed by atoms with Gasteiger partial charge < -0.3 is 14.2 Å². The highest BCUT2D eigenvalue weighted by Gasteiger charge is 2.11. The first-order valence-corrected chi connectivity index (χ1v) is 14.6. The predicted octanol–water partition coefficient (Wildman–Crippen LogP) is 8.84. The zero-order valence-electron chi connectivity index (χ0n) is 23.9. The highest BCUT2D eigenvalue weighted by Crippen LogP contribution is 2.22. The van der Waals surface area contributed by atoms with Crippen molar-refractivity contribution in [3.63, 3.8) is 0 Å². The van der Waals surface area contributed by atoms with Crippen LogP contribution >= 0.6 is 0 Å². The second kappa shape index (κ2) is 17.2. The number of ether oxygens (including phenoxy) is 3. The van der Waals surface area contributed by atoms with E-state index in [2.05, 4.69) is 30.7 Å². The lowest BCUT2D eigenvalue weighted by atomic mass is 10.1. The van der Waals surface area contributed by atoms with Gasteiger partial charge in [-0.2, -0.15) is 0 Å². The molecule has 0 saturated heterocycles. The molecular weight excluding hydrogens is 488 g/mol. The fourth-order valence-corrected chi connectivity index (χ4v) is 4.27. The minimum Gasteiger partial charge on any atom is -0.491 e. The maximum atomic E-state index is 12.6. The van der Waals surface area contributed by atoms with Gasteiger partial charge in [-0.25, -0.2) is 14.8 Å². The van der Waals surface area contributed by atoms with E-state index in [4.69, 9.17) is 14.2 Å². The summed E-state index contributed by atoms with van der Waals surface area (Å²) in [5, 5.41) is 0. The third kappa shape index (κ3) is 11.1. The number of nitrogens with zero attached hydrogens (tertiary/aromatic N) is 2. The van der Waals surface area contributed by atoms with Gasteiger partial charge >= 0.3 is 5.97 Å². The summed E-state index contributed by atoms with van der Waals surface area (Å²) in [4.78, 5) is 21.5. The monoisotopic (exact) mass is 532 g/mol. The quantitative estimate of drug-likeness (QED) is 0.0926. The van der Waals surface area contributed by atoms with E-state index in [1.165, 1.54) is 57.8 Å². The zero-order valence-corrected chi connectivity index (χ0v) is 23.9. The summed E-state index contributed by atoms with van der Waals surface area (Å²) in [7, 11) is 0. The molecule has 0 bridgehead atoms. The summed E-state index contributed by atoms with van der Waals surface area (Å²) in [6.07, 6.45) is 16.9. The first kappa shape index (κ1) is 30.1. The van der Waals surface area contributed by atoms with Crippen LogP contribution in [0.15, 0.2) is 60.9 Å². The Balaban J connectivity index is 1.43. The maximum absolute atomic E-state index is 12.6. The molecule has 0 spiro atoms. The molecule has 0 N–H and O–H groups in total. The molecule has 6 nitrogen and oxygen atoms in total. The van der Waals surface area contributed by atoms with Gasteiger partial charge in [-0.05, 0) is 74.7 Å².